The molecule has 4 nitrogen and oxygen atoms in total. The SMILES string of the molecule is Cc1cc(Nc2ccc(C#N)cn2)ccc1CO. The molecule has 18 heavy (non-hydrogen) atoms. The molecule has 0 amide bonds. The minimum atomic E-state index is 0.0429. The first-order chi connectivity index (χ1) is 8.72. The van der Waals surface area contributed by atoms with Crippen LogP contribution in [0.1, 0.15) is 16.7 Å². The molecule has 0 fully saturated rings. The Morgan fingerprint density at radius 3 is 2.72 bits per heavy atom. The average Bonchev–Trinajstić information content (AvgIpc) is 2.40. The Bertz CT molecular complexity index is 585. The molecule has 0 atom stereocenters. The lowest BCUT2D eigenvalue weighted by atomic mass is 10.1. The van der Waals surface area contributed by atoms with Crippen molar-refractivity contribution in [1.29, 1.82) is 5.26 Å². The molecule has 4 heteroatoms. The molecule has 0 unspecified atom stereocenters. The molecule has 1 aromatic carbocycles. The van der Waals surface area contributed by atoms with Gasteiger partial charge >= 0.3 is 0 Å². The Labute approximate surface area is 106 Å². The highest BCUT2D eigenvalue weighted by Gasteiger charge is 2.00. The fourth-order valence-electron chi connectivity index (χ4n) is 1.63. The second-order valence-electron chi connectivity index (χ2n) is 3.97. The lowest BCUT2D eigenvalue weighted by Gasteiger charge is -2.08. The number of aryl methyl sites for hydroxylation is 1. The number of nitrogens with one attached hydrogen (secondary N) is 1. The van der Waals surface area contributed by atoms with Crippen molar-refractivity contribution in [2.24, 2.45) is 0 Å². The fourth-order valence-corrected chi connectivity index (χ4v) is 1.63. The minimum Gasteiger partial charge on any atom is -0.392 e. The highest BCUT2D eigenvalue weighted by Crippen LogP contribution is 2.18. The molecule has 2 aromatic rings. The Morgan fingerprint density at radius 2 is 2.17 bits per heavy atom. The van der Waals surface area contributed by atoms with Crippen molar-refractivity contribution in [3.8, 4) is 6.07 Å². The van der Waals surface area contributed by atoms with E-state index in [0.29, 0.717) is 11.4 Å². The van der Waals surface area contributed by atoms with Gasteiger partial charge in [0, 0.05) is 11.9 Å². The van der Waals surface area contributed by atoms with E-state index < -0.39 is 0 Å². The van der Waals surface area contributed by atoms with Gasteiger partial charge in [-0.05, 0) is 42.3 Å². The molecule has 1 heterocycles. The molecule has 2 N–H and O–H groups in total. The first-order valence-corrected chi connectivity index (χ1v) is 5.56. The third-order valence-corrected chi connectivity index (χ3v) is 2.68. The van der Waals surface area contributed by atoms with E-state index in [9.17, 15) is 0 Å². The first kappa shape index (κ1) is 12.1. The molecule has 0 aliphatic rings. The quantitative estimate of drug-likeness (QED) is 0.863. The zero-order valence-electron chi connectivity index (χ0n) is 10.0. The summed E-state index contributed by atoms with van der Waals surface area (Å²) >= 11 is 0. The summed E-state index contributed by atoms with van der Waals surface area (Å²) in [6.07, 6.45) is 1.53. The number of rotatable bonds is 3. The van der Waals surface area contributed by atoms with Crippen LogP contribution >= 0.6 is 0 Å². The standard InChI is InChI=1S/C14H13N3O/c1-10-6-13(4-3-12(10)9-18)17-14-5-2-11(7-15)8-16-14/h2-6,8,18H,9H2,1H3,(H,16,17). The maximum atomic E-state index is 9.09. The molecule has 0 radical (unpaired) electrons. The lowest BCUT2D eigenvalue weighted by molar-refractivity contribution is 0.281. The minimum absolute atomic E-state index is 0.0429. The molecule has 2 rings (SSSR count). The topological polar surface area (TPSA) is 68.9 Å². The van der Waals surface area contributed by atoms with Crippen molar-refractivity contribution in [1.82, 2.24) is 4.98 Å². The Balaban J connectivity index is 2.18. The third kappa shape index (κ3) is 2.65. The summed E-state index contributed by atoms with van der Waals surface area (Å²) in [5.74, 6) is 0.685. The number of pyridine rings is 1. The predicted octanol–water partition coefficient (Wildman–Crippen LogP) is 2.50. The van der Waals surface area contributed by atoms with Crippen LogP contribution in [-0.4, -0.2) is 10.1 Å². The maximum Gasteiger partial charge on any atom is 0.130 e. The van der Waals surface area contributed by atoms with Gasteiger partial charge in [0.15, 0.2) is 0 Å². The van der Waals surface area contributed by atoms with Gasteiger partial charge in [-0.3, -0.25) is 0 Å². The molecular weight excluding hydrogens is 226 g/mol. The average molecular weight is 239 g/mol. The maximum absolute atomic E-state index is 9.09. The van der Waals surface area contributed by atoms with Crippen LogP contribution in [0.4, 0.5) is 11.5 Å². The lowest BCUT2D eigenvalue weighted by Crippen LogP contribution is -1.96. The van der Waals surface area contributed by atoms with Gasteiger partial charge in [0.1, 0.15) is 11.9 Å². The smallest absolute Gasteiger partial charge is 0.130 e. The summed E-state index contributed by atoms with van der Waals surface area (Å²) in [5.41, 5.74) is 3.37. The second-order valence-corrected chi connectivity index (χ2v) is 3.97. The summed E-state index contributed by atoms with van der Waals surface area (Å²) in [4.78, 5) is 4.13. The Morgan fingerprint density at radius 1 is 1.33 bits per heavy atom. The van der Waals surface area contributed by atoms with Crippen LogP contribution in [0, 0.1) is 18.3 Å². The molecule has 0 saturated heterocycles. The summed E-state index contributed by atoms with van der Waals surface area (Å²) < 4.78 is 0. The summed E-state index contributed by atoms with van der Waals surface area (Å²) in [7, 11) is 0. The number of hydrogen-bond acceptors (Lipinski definition) is 4. The molecule has 0 aliphatic carbocycles. The number of aliphatic hydroxyl groups excluding tert-OH is 1. The van der Waals surface area contributed by atoms with E-state index in [4.69, 9.17) is 10.4 Å². The van der Waals surface area contributed by atoms with E-state index in [2.05, 4.69) is 10.3 Å². The number of aliphatic hydroxyl groups is 1. The van der Waals surface area contributed by atoms with Crippen molar-refractivity contribution in [3.63, 3.8) is 0 Å². The Kier molecular flexibility index (Phi) is 3.56. The van der Waals surface area contributed by atoms with Crippen LogP contribution in [0.15, 0.2) is 36.5 Å². The third-order valence-electron chi connectivity index (χ3n) is 2.68. The number of nitriles is 1. The normalized spacial score (nSPS) is 9.83. The van der Waals surface area contributed by atoms with Crippen LogP contribution in [0.25, 0.3) is 0 Å². The van der Waals surface area contributed by atoms with Gasteiger partial charge in [-0.2, -0.15) is 5.26 Å². The first-order valence-electron chi connectivity index (χ1n) is 5.56. The van der Waals surface area contributed by atoms with Gasteiger partial charge in [-0.15, -0.1) is 0 Å². The summed E-state index contributed by atoms with van der Waals surface area (Å²) in [5, 5.41) is 20.9. The van der Waals surface area contributed by atoms with Crippen molar-refractivity contribution in [2.75, 3.05) is 5.32 Å². The largest absolute Gasteiger partial charge is 0.392 e. The van der Waals surface area contributed by atoms with Crippen molar-refractivity contribution >= 4 is 11.5 Å². The number of nitrogens with zero attached hydrogens (tertiary/aromatic N) is 2. The van der Waals surface area contributed by atoms with E-state index in [1.54, 1.807) is 12.1 Å². The van der Waals surface area contributed by atoms with Crippen LogP contribution in [0.2, 0.25) is 0 Å². The van der Waals surface area contributed by atoms with Gasteiger partial charge in [-0.25, -0.2) is 4.98 Å². The highest BCUT2D eigenvalue weighted by atomic mass is 16.3. The fraction of sp³-hybridized carbons (Fsp3) is 0.143. The van der Waals surface area contributed by atoms with E-state index in [1.807, 2.05) is 31.2 Å². The molecule has 0 aliphatic heterocycles. The second kappa shape index (κ2) is 5.30. The van der Waals surface area contributed by atoms with Crippen molar-refractivity contribution in [2.45, 2.75) is 13.5 Å². The zero-order valence-corrected chi connectivity index (χ0v) is 10.0. The van der Waals surface area contributed by atoms with Crippen molar-refractivity contribution in [3.05, 3.63) is 53.2 Å². The summed E-state index contributed by atoms with van der Waals surface area (Å²) in [6, 6.07) is 11.2. The molecule has 0 saturated carbocycles. The molecule has 0 spiro atoms. The monoisotopic (exact) mass is 239 g/mol. The van der Waals surface area contributed by atoms with Gasteiger partial charge < -0.3 is 10.4 Å². The number of benzene rings is 1. The predicted molar refractivity (Wildman–Crippen MR) is 69.3 cm³/mol. The molecule has 90 valence electrons. The van der Waals surface area contributed by atoms with E-state index in [1.165, 1.54) is 6.20 Å². The van der Waals surface area contributed by atoms with E-state index in [-0.39, 0.29) is 6.61 Å². The van der Waals surface area contributed by atoms with Gasteiger partial charge in [-0.1, -0.05) is 6.07 Å². The van der Waals surface area contributed by atoms with Crippen LogP contribution in [0.3, 0.4) is 0 Å². The van der Waals surface area contributed by atoms with Crippen LogP contribution < -0.4 is 5.32 Å². The van der Waals surface area contributed by atoms with Gasteiger partial charge in [0.2, 0.25) is 0 Å². The molecular formula is C14H13N3O. The summed E-state index contributed by atoms with van der Waals surface area (Å²) in [6.45, 7) is 1.99. The van der Waals surface area contributed by atoms with E-state index >= 15 is 0 Å². The van der Waals surface area contributed by atoms with Gasteiger partial charge in [0.05, 0.1) is 12.2 Å². The number of hydrogen-bond donors (Lipinski definition) is 2. The van der Waals surface area contributed by atoms with Crippen molar-refractivity contribution < 1.29 is 5.11 Å². The number of anilines is 2. The zero-order chi connectivity index (χ0) is 13.0. The van der Waals surface area contributed by atoms with E-state index in [0.717, 1.165) is 16.8 Å². The molecule has 1 aromatic heterocycles. The molecule has 0 bridgehead atoms. The van der Waals surface area contributed by atoms with Crippen LogP contribution in [0.5, 0.6) is 0 Å². The van der Waals surface area contributed by atoms with Crippen LogP contribution in [-0.2, 0) is 6.61 Å². The Hall–Kier alpha value is -2.38. The highest BCUT2D eigenvalue weighted by molar-refractivity contribution is 5.58. The number of aromatic nitrogens is 1. The van der Waals surface area contributed by atoms with Gasteiger partial charge in [0.25, 0.3) is 0 Å².